The van der Waals surface area contributed by atoms with E-state index in [2.05, 4.69) is 15.5 Å². The third-order valence-corrected chi connectivity index (χ3v) is 6.95. The number of amides is 1. The van der Waals surface area contributed by atoms with Crippen LogP contribution in [0.4, 0.5) is 17.1 Å². The van der Waals surface area contributed by atoms with Gasteiger partial charge in [-0.3, -0.25) is 9.35 Å². The van der Waals surface area contributed by atoms with Gasteiger partial charge in [-0.15, -0.1) is 0 Å². The van der Waals surface area contributed by atoms with Crippen molar-refractivity contribution in [3.63, 3.8) is 0 Å². The van der Waals surface area contributed by atoms with Crippen molar-refractivity contribution in [2.75, 3.05) is 11.9 Å². The zero-order valence-corrected chi connectivity index (χ0v) is 25.4. The number of azo groups is 1. The molecule has 4 rings (SSSR count). The average Bonchev–Trinajstić information content (AvgIpc) is 2.84. The fourth-order valence-corrected chi connectivity index (χ4v) is 4.69. The van der Waals surface area contributed by atoms with Gasteiger partial charge in [0.15, 0.2) is 0 Å². The van der Waals surface area contributed by atoms with Crippen LogP contribution in [0.15, 0.2) is 75.8 Å². The Labute approximate surface area is 256 Å². The van der Waals surface area contributed by atoms with Crippen LogP contribution in [0.25, 0.3) is 10.8 Å². The molecule has 0 aromatic heterocycles. The summed E-state index contributed by atoms with van der Waals surface area (Å²) in [6.07, 6.45) is 0. The van der Waals surface area contributed by atoms with Crippen LogP contribution in [0.3, 0.4) is 0 Å². The molecule has 13 heteroatoms. The Morgan fingerprint density at radius 3 is 2.49 bits per heavy atom. The Balaban J connectivity index is 0.00000420. The van der Waals surface area contributed by atoms with E-state index in [0.29, 0.717) is 39.4 Å². The number of carbonyl (C=O) groups is 1. The summed E-state index contributed by atoms with van der Waals surface area (Å²) in [6.45, 7) is 3.78. The third kappa shape index (κ3) is 7.09. The van der Waals surface area contributed by atoms with Crippen molar-refractivity contribution in [2.45, 2.75) is 18.7 Å². The van der Waals surface area contributed by atoms with Crippen LogP contribution in [0, 0.1) is 6.92 Å². The SMILES string of the molecule is CCOc1cc(Cl)cc(NC(=O)c2cc3ccccc3c(N=Nc3cc(S(=O)(=O)O)cc(Cl)c3C)c2[O-])c1.[Na+]. The zero-order chi connectivity index (χ0) is 27.6. The van der Waals surface area contributed by atoms with Gasteiger partial charge in [0.05, 0.1) is 22.9 Å². The largest absolute Gasteiger partial charge is 1.00 e. The molecule has 2 N–H and O–H groups in total. The van der Waals surface area contributed by atoms with E-state index in [9.17, 15) is 22.9 Å². The fraction of sp³-hybridized carbons (Fsp3) is 0.115. The zero-order valence-electron chi connectivity index (χ0n) is 21.0. The number of nitrogens with zero attached hydrogens (tertiary/aromatic N) is 2. The molecule has 0 aliphatic carbocycles. The van der Waals surface area contributed by atoms with E-state index in [0.717, 1.165) is 12.1 Å². The summed E-state index contributed by atoms with van der Waals surface area (Å²) < 4.78 is 38.1. The van der Waals surface area contributed by atoms with E-state index >= 15 is 0 Å². The second-order valence-electron chi connectivity index (χ2n) is 8.11. The number of halogens is 2. The molecule has 39 heavy (non-hydrogen) atoms. The van der Waals surface area contributed by atoms with Crippen LogP contribution < -0.4 is 44.7 Å². The smallest absolute Gasteiger partial charge is 0.870 e. The molecule has 0 aliphatic rings. The molecule has 0 atom stereocenters. The van der Waals surface area contributed by atoms with E-state index in [1.54, 1.807) is 43.3 Å². The molecule has 9 nitrogen and oxygen atoms in total. The van der Waals surface area contributed by atoms with Crippen molar-refractivity contribution >= 4 is 67.1 Å². The molecule has 0 saturated carbocycles. The van der Waals surface area contributed by atoms with Gasteiger partial charge in [0.25, 0.3) is 16.0 Å². The molecular weight excluding hydrogens is 576 g/mol. The molecule has 196 valence electrons. The van der Waals surface area contributed by atoms with E-state index in [1.807, 2.05) is 6.92 Å². The molecule has 1 amide bonds. The van der Waals surface area contributed by atoms with Crippen LogP contribution >= 0.6 is 23.2 Å². The second-order valence-corrected chi connectivity index (χ2v) is 10.4. The Hall–Kier alpha value is -2.70. The van der Waals surface area contributed by atoms with Crippen molar-refractivity contribution in [1.29, 1.82) is 0 Å². The molecule has 0 saturated heterocycles. The third-order valence-electron chi connectivity index (χ3n) is 5.51. The summed E-state index contributed by atoms with van der Waals surface area (Å²) in [5.41, 5.74) is 0.388. The predicted octanol–water partition coefficient (Wildman–Crippen LogP) is 3.85. The second kappa shape index (κ2) is 12.6. The minimum Gasteiger partial charge on any atom is -0.870 e. The van der Waals surface area contributed by atoms with Crippen molar-refractivity contribution in [3.8, 4) is 11.5 Å². The number of ether oxygens (including phenoxy) is 1. The Kier molecular flexibility index (Phi) is 10.0. The first-order valence-electron chi connectivity index (χ1n) is 11.1. The van der Waals surface area contributed by atoms with Crippen molar-refractivity contribution in [3.05, 3.63) is 81.8 Å². The average molecular weight is 596 g/mol. The quantitative estimate of drug-likeness (QED) is 0.189. The first kappa shape index (κ1) is 30.8. The van der Waals surface area contributed by atoms with Gasteiger partial charge in [-0.05, 0) is 55.1 Å². The summed E-state index contributed by atoms with van der Waals surface area (Å²) >= 11 is 12.2. The molecule has 4 aromatic rings. The van der Waals surface area contributed by atoms with Gasteiger partial charge in [0, 0.05) is 32.7 Å². The molecule has 0 bridgehead atoms. The van der Waals surface area contributed by atoms with Gasteiger partial charge >= 0.3 is 29.6 Å². The number of hydrogen-bond acceptors (Lipinski definition) is 7. The number of benzene rings is 4. The summed E-state index contributed by atoms with van der Waals surface area (Å²) in [5, 5.41) is 25.6. The van der Waals surface area contributed by atoms with Gasteiger partial charge in [0.1, 0.15) is 5.75 Å². The molecule has 0 unspecified atom stereocenters. The number of anilines is 1. The van der Waals surface area contributed by atoms with Gasteiger partial charge in [-0.1, -0.05) is 53.2 Å². The molecule has 0 fully saturated rings. The number of nitrogens with one attached hydrogen (secondary N) is 1. The summed E-state index contributed by atoms with van der Waals surface area (Å²) in [4.78, 5) is 12.7. The predicted molar refractivity (Wildman–Crippen MR) is 144 cm³/mol. The standard InChI is InChI=1S/C26H21Cl2N3O6S.Na/c1-3-37-18-10-16(27)9-17(11-18)29-26(33)21-8-15-6-4-5-7-20(15)24(25(21)32)31-30-23-13-19(38(34,35)36)12-22(28)14(23)2;/h4-13,32H,3H2,1-2H3,(H,29,33)(H,34,35,36);/q;+1/p-1. The van der Waals surface area contributed by atoms with Crippen LogP contribution in [0.5, 0.6) is 11.5 Å². The maximum Gasteiger partial charge on any atom is 1.00 e. The van der Waals surface area contributed by atoms with E-state index in [4.69, 9.17) is 27.9 Å². The van der Waals surface area contributed by atoms with E-state index < -0.39 is 26.7 Å². The van der Waals surface area contributed by atoms with Gasteiger partial charge in [-0.25, -0.2) is 0 Å². The van der Waals surface area contributed by atoms with Gasteiger partial charge in [0.2, 0.25) is 0 Å². The molecule has 0 heterocycles. The first-order chi connectivity index (χ1) is 18.0. The molecule has 0 aliphatic heterocycles. The maximum absolute atomic E-state index is 13.4. The summed E-state index contributed by atoms with van der Waals surface area (Å²) in [5.74, 6) is -0.951. The molecule has 0 spiro atoms. The Morgan fingerprint density at radius 1 is 1.08 bits per heavy atom. The van der Waals surface area contributed by atoms with Crippen LogP contribution in [0.2, 0.25) is 10.0 Å². The Morgan fingerprint density at radius 2 is 1.79 bits per heavy atom. The van der Waals surface area contributed by atoms with E-state index in [-0.39, 0.29) is 51.5 Å². The van der Waals surface area contributed by atoms with Crippen LogP contribution in [-0.2, 0) is 10.1 Å². The van der Waals surface area contributed by atoms with Crippen molar-refractivity contribution in [1.82, 2.24) is 0 Å². The molecule has 4 aromatic carbocycles. The Bertz CT molecular complexity index is 1710. The molecular formula is C26H20Cl2N3NaO6S. The first-order valence-corrected chi connectivity index (χ1v) is 13.3. The van der Waals surface area contributed by atoms with Crippen LogP contribution in [0.1, 0.15) is 22.8 Å². The summed E-state index contributed by atoms with van der Waals surface area (Å²) in [6, 6.07) is 15.1. The maximum atomic E-state index is 13.4. The number of carbonyl (C=O) groups excluding carboxylic acids is 1. The van der Waals surface area contributed by atoms with E-state index in [1.165, 1.54) is 12.1 Å². The van der Waals surface area contributed by atoms with Gasteiger partial charge in [-0.2, -0.15) is 18.6 Å². The number of rotatable bonds is 7. The normalized spacial score (nSPS) is 11.4. The number of fused-ring (bicyclic) bond motifs is 1. The molecule has 0 radical (unpaired) electrons. The number of hydrogen-bond donors (Lipinski definition) is 2. The summed E-state index contributed by atoms with van der Waals surface area (Å²) in [7, 11) is -4.57. The van der Waals surface area contributed by atoms with Crippen molar-refractivity contribution < 1.29 is 57.2 Å². The van der Waals surface area contributed by atoms with Crippen LogP contribution in [-0.4, -0.2) is 25.5 Å². The minimum absolute atomic E-state index is 0. The van der Waals surface area contributed by atoms with Gasteiger partial charge < -0.3 is 15.2 Å². The monoisotopic (exact) mass is 595 g/mol. The topological polar surface area (TPSA) is 140 Å². The fourth-order valence-electron chi connectivity index (χ4n) is 3.66. The van der Waals surface area contributed by atoms with Crippen molar-refractivity contribution in [2.24, 2.45) is 10.2 Å². The minimum atomic E-state index is -4.57.